The first kappa shape index (κ1) is 39.0. The molecule has 8 bridgehead atoms. The summed E-state index contributed by atoms with van der Waals surface area (Å²) in [6.45, 7) is 16.2. The summed E-state index contributed by atoms with van der Waals surface area (Å²) in [5.41, 5.74) is 12.6. The number of nitrogens with zero attached hydrogens (tertiary/aromatic N) is 2. The molecule has 3 aromatic heterocycles. The van der Waals surface area contributed by atoms with Crippen molar-refractivity contribution in [3.63, 3.8) is 0 Å². The van der Waals surface area contributed by atoms with Gasteiger partial charge in [-0.15, -0.1) is 0 Å². The number of carbonyl (C=O) groups is 2. The molecule has 5 N–H and O–H groups in total. The summed E-state index contributed by atoms with van der Waals surface area (Å²) in [5.74, 6) is -2.12. The maximum absolute atomic E-state index is 12.7. The van der Waals surface area contributed by atoms with Crippen LogP contribution in [-0.4, -0.2) is 48.6 Å². The molecule has 2 atom stereocenters. The molecule has 9 nitrogen and oxygen atoms in total. The molecule has 0 radical (unpaired) electrons. The van der Waals surface area contributed by atoms with E-state index in [2.05, 4.69) is 62.0 Å². The number of aromatic carboxylic acids is 1. The van der Waals surface area contributed by atoms with Gasteiger partial charge >= 0.3 is 11.9 Å². The van der Waals surface area contributed by atoms with Crippen LogP contribution < -0.4 is 5.32 Å². The van der Waals surface area contributed by atoms with Crippen molar-refractivity contribution in [1.82, 2.24) is 25.3 Å². The van der Waals surface area contributed by atoms with E-state index in [1.54, 1.807) is 0 Å². The lowest BCUT2D eigenvalue weighted by atomic mass is 9.86. The fourth-order valence-electron chi connectivity index (χ4n) is 8.10. The van der Waals surface area contributed by atoms with Crippen LogP contribution in [0.2, 0.25) is 0 Å². The molecule has 3 aromatic rings. The van der Waals surface area contributed by atoms with Crippen molar-refractivity contribution in [2.45, 2.75) is 144 Å². The molecule has 0 amide bonds. The van der Waals surface area contributed by atoms with Gasteiger partial charge in [-0.25, -0.2) is 9.78 Å². The average Bonchev–Trinajstić information content (AvgIpc) is 3.79. The van der Waals surface area contributed by atoms with Gasteiger partial charge in [0.15, 0.2) is 0 Å². The Bertz CT molecular complexity index is 1980. The van der Waals surface area contributed by atoms with Gasteiger partial charge in [0.25, 0.3) is 0 Å². The Morgan fingerprint density at radius 3 is 2.10 bits per heavy atom. The number of rotatable bonds is 17. The molecule has 0 aliphatic carbocycles. The van der Waals surface area contributed by atoms with E-state index in [-0.39, 0.29) is 23.8 Å². The second kappa shape index (κ2) is 17.5. The SMILES string of the molecule is CCCCCCCCCCCNCc1c(C)c2cc3nc(c(C)c4[nH]c(cc5nc(cc1[nH]2)C(C)=C5CC)c(C)c4C(=O)O)[C@@H](CCC(=O)O)[C@@H]3C. The number of fused-ring (bicyclic) bond motifs is 8. The monoisotopic (exact) mass is 709 g/mol. The van der Waals surface area contributed by atoms with Crippen molar-refractivity contribution >= 4 is 45.2 Å². The lowest BCUT2D eigenvalue weighted by molar-refractivity contribution is -0.137. The summed E-state index contributed by atoms with van der Waals surface area (Å²) in [6.07, 6.45) is 12.9. The number of carboxylic acids is 2. The highest BCUT2D eigenvalue weighted by Crippen LogP contribution is 2.42. The first-order chi connectivity index (χ1) is 25.0. The number of unbranched alkanes of at least 4 members (excludes halogenated alkanes) is 8. The fourth-order valence-corrected chi connectivity index (χ4v) is 8.10. The van der Waals surface area contributed by atoms with E-state index in [4.69, 9.17) is 9.97 Å². The first-order valence-electron chi connectivity index (χ1n) is 19.6. The van der Waals surface area contributed by atoms with E-state index in [0.29, 0.717) is 23.0 Å². The van der Waals surface area contributed by atoms with Crippen molar-refractivity contribution in [3.05, 3.63) is 68.8 Å². The van der Waals surface area contributed by atoms with E-state index in [0.717, 1.165) is 82.0 Å². The molecule has 0 spiro atoms. The van der Waals surface area contributed by atoms with Crippen LogP contribution in [0.25, 0.3) is 33.2 Å². The molecule has 5 rings (SSSR count). The van der Waals surface area contributed by atoms with Crippen LogP contribution in [0.3, 0.4) is 0 Å². The van der Waals surface area contributed by atoms with Gasteiger partial charge in [-0.1, -0.05) is 72.1 Å². The average molecular weight is 710 g/mol. The Morgan fingerprint density at radius 1 is 0.788 bits per heavy atom. The van der Waals surface area contributed by atoms with E-state index < -0.39 is 11.9 Å². The Morgan fingerprint density at radius 2 is 1.44 bits per heavy atom. The highest BCUT2D eigenvalue weighted by Gasteiger charge is 2.32. The number of allylic oxidation sites excluding steroid dienone is 2. The molecule has 2 aliphatic rings. The third-order valence-corrected chi connectivity index (χ3v) is 11.4. The summed E-state index contributed by atoms with van der Waals surface area (Å²) in [4.78, 5) is 41.9. The molecule has 0 saturated heterocycles. The highest BCUT2D eigenvalue weighted by molar-refractivity contribution is 6.02. The molecule has 5 heterocycles. The third-order valence-electron chi connectivity index (χ3n) is 11.4. The van der Waals surface area contributed by atoms with Crippen LogP contribution in [0.15, 0.2) is 18.2 Å². The van der Waals surface area contributed by atoms with Gasteiger partial charge in [-0.05, 0) is 105 Å². The molecule has 9 heteroatoms. The number of hydrogen-bond acceptors (Lipinski definition) is 5. The largest absolute Gasteiger partial charge is 0.481 e. The standard InChI is InChI=1S/C43H59N5O4/c1-8-10-11-12-13-14-15-16-17-20-44-24-32-27(5)33-21-35-26(4)31(18-19-39(49)50)41(47-35)29(7)42-40(43(51)52)28(6)36(48-42)23-37-30(9-2)25(3)34(45-37)22-38(32)46-33/h21-23,26,31,44,46,48H,8-20,24H2,1-7H3,(H,49,50)(H,51,52)/t26-,31-/m0/s1. The first-order valence-corrected chi connectivity index (χ1v) is 19.6. The number of carboxylic acid groups (broad SMARTS) is 2. The molecular weight excluding hydrogens is 651 g/mol. The Hall–Kier alpha value is -4.24. The van der Waals surface area contributed by atoms with Crippen LogP contribution >= 0.6 is 0 Å². The number of aromatic nitrogens is 4. The van der Waals surface area contributed by atoms with Gasteiger partial charge in [-0.3, -0.25) is 9.78 Å². The second-order valence-corrected chi connectivity index (χ2v) is 14.9. The fraction of sp³-hybridized carbons (Fsp3) is 0.535. The quantitative estimate of drug-likeness (QED) is 0.0877. The summed E-state index contributed by atoms with van der Waals surface area (Å²) in [5, 5.41) is 23.8. The Kier molecular flexibility index (Phi) is 13.1. The minimum Gasteiger partial charge on any atom is -0.481 e. The predicted octanol–water partition coefficient (Wildman–Crippen LogP) is 10.7. The number of aromatic amines is 2. The number of H-pyrrole nitrogens is 2. The van der Waals surface area contributed by atoms with Gasteiger partial charge in [0, 0.05) is 52.7 Å². The van der Waals surface area contributed by atoms with Gasteiger partial charge in [0.2, 0.25) is 0 Å². The number of hydrogen-bond donors (Lipinski definition) is 5. The number of nitrogens with one attached hydrogen (secondary N) is 3. The van der Waals surface area contributed by atoms with Gasteiger partial charge in [0.1, 0.15) is 0 Å². The molecule has 2 aliphatic heterocycles. The summed E-state index contributed by atoms with van der Waals surface area (Å²) < 4.78 is 0. The molecule has 0 unspecified atom stereocenters. The predicted molar refractivity (Wildman–Crippen MR) is 212 cm³/mol. The summed E-state index contributed by atoms with van der Waals surface area (Å²) in [7, 11) is 0. The zero-order valence-corrected chi connectivity index (χ0v) is 32.4. The van der Waals surface area contributed by atoms with Crippen LogP contribution in [0.1, 0.15) is 172 Å². The van der Waals surface area contributed by atoms with Gasteiger partial charge in [-0.2, -0.15) is 0 Å². The lowest BCUT2D eigenvalue weighted by Gasteiger charge is -2.16. The van der Waals surface area contributed by atoms with E-state index in [1.807, 2.05) is 19.9 Å². The molecule has 0 saturated carbocycles. The maximum atomic E-state index is 12.7. The smallest absolute Gasteiger partial charge is 0.338 e. The lowest BCUT2D eigenvalue weighted by Crippen LogP contribution is -2.15. The normalized spacial score (nSPS) is 15.8. The second-order valence-electron chi connectivity index (χ2n) is 14.9. The van der Waals surface area contributed by atoms with Crippen LogP contribution in [0.4, 0.5) is 0 Å². The van der Waals surface area contributed by atoms with E-state index in [9.17, 15) is 19.8 Å². The number of aliphatic carboxylic acids is 1. The van der Waals surface area contributed by atoms with Crippen LogP contribution in [-0.2, 0) is 11.3 Å². The van der Waals surface area contributed by atoms with Crippen LogP contribution in [0.5, 0.6) is 0 Å². The highest BCUT2D eigenvalue weighted by atomic mass is 16.4. The van der Waals surface area contributed by atoms with Crippen molar-refractivity contribution in [2.75, 3.05) is 6.54 Å². The Labute approximate surface area is 308 Å². The molecule has 0 fully saturated rings. The van der Waals surface area contributed by atoms with Crippen molar-refractivity contribution < 1.29 is 19.8 Å². The van der Waals surface area contributed by atoms with E-state index in [1.165, 1.54) is 56.9 Å². The van der Waals surface area contributed by atoms with Crippen molar-refractivity contribution in [3.8, 4) is 0 Å². The number of aryl methyl sites for hydroxylation is 3. The molecule has 52 heavy (non-hydrogen) atoms. The zero-order chi connectivity index (χ0) is 37.5. The van der Waals surface area contributed by atoms with Gasteiger partial charge < -0.3 is 25.5 Å². The minimum atomic E-state index is -1.02. The summed E-state index contributed by atoms with van der Waals surface area (Å²) >= 11 is 0. The Balaban J connectivity index is 1.62. The minimum absolute atomic E-state index is 0.00247. The maximum Gasteiger partial charge on any atom is 0.338 e. The molecule has 0 aromatic carbocycles. The summed E-state index contributed by atoms with van der Waals surface area (Å²) in [6, 6.07) is 6.23. The van der Waals surface area contributed by atoms with Gasteiger partial charge in [0.05, 0.1) is 22.5 Å². The molecule has 280 valence electrons. The zero-order valence-electron chi connectivity index (χ0n) is 32.4. The van der Waals surface area contributed by atoms with Crippen LogP contribution in [0, 0.1) is 20.8 Å². The molecular formula is C43H59N5O4. The topological polar surface area (TPSA) is 144 Å². The van der Waals surface area contributed by atoms with Crippen molar-refractivity contribution in [1.29, 1.82) is 0 Å². The van der Waals surface area contributed by atoms with Crippen molar-refractivity contribution in [2.24, 2.45) is 0 Å². The van der Waals surface area contributed by atoms with E-state index >= 15 is 0 Å². The third kappa shape index (κ3) is 8.52.